The average molecular weight is 282 g/mol. The van der Waals surface area contributed by atoms with Crippen LogP contribution >= 0.6 is 16.5 Å². The summed E-state index contributed by atoms with van der Waals surface area (Å²) in [5, 5.41) is 0. The maximum absolute atomic E-state index is 9.45. The number of hydrogen-bond acceptors (Lipinski definition) is 6. The Morgan fingerprint density at radius 1 is 1.00 bits per heavy atom. The summed E-state index contributed by atoms with van der Waals surface area (Å²) in [5.74, 6) is 0. The summed E-state index contributed by atoms with van der Waals surface area (Å²) in [6.07, 6.45) is 0. The van der Waals surface area contributed by atoms with Crippen molar-refractivity contribution in [3.8, 4) is 0 Å². The molecule has 6 nitrogen and oxygen atoms in total. The van der Waals surface area contributed by atoms with Gasteiger partial charge in [-0.15, -0.1) is 0 Å². The first-order chi connectivity index (χ1) is 5.54. The number of hydrogen-bond donors (Lipinski definition) is 0. The molecule has 2 atom stereocenters. The number of rotatable bonds is 4. The first-order valence-corrected chi connectivity index (χ1v) is 5.67. The Bertz CT molecular complexity index is 127. The summed E-state index contributed by atoms with van der Waals surface area (Å²) in [4.78, 5) is 18.9. The van der Waals surface area contributed by atoms with Crippen LogP contribution in [-0.2, 0) is 35.2 Å². The van der Waals surface area contributed by atoms with E-state index in [1.54, 1.807) is 13.8 Å². The van der Waals surface area contributed by atoms with E-state index < -0.39 is 16.5 Å². The van der Waals surface area contributed by atoms with Crippen LogP contribution in [-0.4, -0.2) is 13.2 Å². The fourth-order valence-corrected chi connectivity index (χ4v) is 0.707. The van der Waals surface area contributed by atoms with Gasteiger partial charge in [0.15, 0.2) is 0 Å². The molecule has 85 valence electrons. The zero-order valence-corrected chi connectivity index (χ0v) is 10.1. The molecule has 0 saturated heterocycles. The van der Waals surface area contributed by atoms with Gasteiger partial charge in [0.05, 0.1) is 0 Å². The van der Waals surface area contributed by atoms with Gasteiger partial charge in [-0.3, -0.25) is 0 Å². The van der Waals surface area contributed by atoms with Crippen molar-refractivity contribution >= 4 is 16.5 Å². The third kappa shape index (κ3) is 32.3. The standard InChI is InChI=1S/2C2H7O3P.Cu/c2*1-2-5-6(3)4;/h2*6H,2H2,1H3,(H,3,4);/q;;+2/p-2. The summed E-state index contributed by atoms with van der Waals surface area (Å²) in [6.45, 7) is 3.75. The van der Waals surface area contributed by atoms with Crippen LogP contribution in [0.15, 0.2) is 0 Å². The van der Waals surface area contributed by atoms with Crippen LogP contribution in [0.1, 0.15) is 13.8 Å². The third-order valence-electron chi connectivity index (χ3n) is 0.524. The molecular formula is C4H12CuO6P2. The van der Waals surface area contributed by atoms with E-state index in [1.807, 2.05) is 0 Å². The first kappa shape index (κ1) is 19.4. The van der Waals surface area contributed by atoms with Crippen LogP contribution in [0, 0.1) is 0 Å². The molecule has 13 heavy (non-hydrogen) atoms. The summed E-state index contributed by atoms with van der Waals surface area (Å²) in [6, 6.07) is 0. The van der Waals surface area contributed by atoms with Gasteiger partial charge in [0.1, 0.15) is 16.5 Å². The van der Waals surface area contributed by atoms with Gasteiger partial charge in [0, 0.05) is 13.2 Å². The van der Waals surface area contributed by atoms with Crippen LogP contribution in [0.3, 0.4) is 0 Å². The molecule has 0 aromatic rings. The second kappa shape index (κ2) is 15.3. The average Bonchev–Trinajstić information content (AvgIpc) is 1.87. The minimum absolute atomic E-state index is 0. The minimum Gasteiger partial charge on any atom is -0.781 e. The SMILES string of the molecule is CCO[PH](=O)[O-].CCO[PH](=O)[O-].[Cu+2]. The molecule has 0 N–H and O–H groups in total. The van der Waals surface area contributed by atoms with Crippen molar-refractivity contribution in [2.75, 3.05) is 13.2 Å². The van der Waals surface area contributed by atoms with Gasteiger partial charge in [-0.05, 0) is 13.8 Å². The van der Waals surface area contributed by atoms with Crippen molar-refractivity contribution in [2.24, 2.45) is 0 Å². The van der Waals surface area contributed by atoms with E-state index in [2.05, 4.69) is 9.05 Å². The fourth-order valence-electron chi connectivity index (χ4n) is 0.236. The van der Waals surface area contributed by atoms with E-state index in [1.165, 1.54) is 0 Å². The van der Waals surface area contributed by atoms with Crippen LogP contribution in [0.2, 0.25) is 0 Å². The normalized spacial score (nSPS) is 13.2. The fraction of sp³-hybridized carbons (Fsp3) is 1.00. The smallest absolute Gasteiger partial charge is 0.781 e. The van der Waals surface area contributed by atoms with Gasteiger partial charge in [-0.25, -0.2) is 0 Å². The molecule has 0 bridgehead atoms. The molecule has 2 unspecified atom stereocenters. The van der Waals surface area contributed by atoms with Crippen molar-refractivity contribution in [3.05, 3.63) is 0 Å². The topological polar surface area (TPSA) is 98.7 Å². The Hall–Kier alpha value is 0.819. The van der Waals surface area contributed by atoms with Crippen molar-refractivity contribution in [1.82, 2.24) is 0 Å². The Kier molecular flexibility index (Phi) is 22.8. The van der Waals surface area contributed by atoms with Gasteiger partial charge < -0.3 is 28.0 Å². The largest absolute Gasteiger partial charge is 2.00 e. The summed E-state index contributed by atoms with van der Waals surface area (Å²) < 4.78 is 27.0. The summed E-state index contributed by atoms with van der Waals surface area (Å²) in [7, 11) is -5.77. The molecule has 0 rings (SSSR count). The van der Waals surface area contributed by atoms with Crippen LogP contribution in [0.4, 0.5) is 0 Å². The van der Waals surface area contributed by atoms with Gasteiger partial charge in [0.25, 0.3) is 0 Å². The second-order valence-electron chi connectivity index (χ2n) is 1.37. The Labute approximate surface area is 89.0 Å². The summed E-state index contributed by atoms with van der Waals surface area (Å²) in [5.41, 5.74) is 0. The van der Waals surface area contributed by atoms with Crippen LogP contribution in [0.5, 0.6) is 0 Å². The van der Waals surface area contributed by atoms with Gasteiger partial charge in [0.2, 0.25) is 0 Å². The minimum atomic E-state index is -2.89. The second-order valence-corrected chi connectivity index (χ2v) is 2.94. The van der Waals surface area contributed by atoms with Gasteiger partial charge in [-0.2, -0.15) is 0 Å². The maximum Gasteiger partial charge on any atom is 2.00 e. The molecule has 0 aromatic carbocycles. The quantitative estimate of drug-likeness (QED) is 0.511. The van der Waals surface area contributed by atoms with E-state index in [9.17, 15) is 18.9 Å². The Morgan fingerprint density at radius 3 is 1.23 bits per heavy atom. The zero-order valence-electron chi connectivity index (χ0n) is 7.17. The molecule has 9 heteroatoms. The van der Waals surface area contributed by atoms with Crippen molar-refractivity contribution in [3.63, 3.8) is 0 Å². The van der Waals surface area contributed by atoms with E-state index in [-0.39, 0.29) is 30.3 Å². The predicted octanol–water partition coefficient (Wildman–Crippen LogP) is -0.457. The zero-order chi connectivity index (χ0) is 9.98. The maximum atomic E-state index is 9.45. The first-order valence-electron chi connectivity index (χ1n) is 3.22. The molecule has 0 aliphatic heterocycles. The monoisotopic (exact) mass is 281 g/mol. The molecular weight excluding hydrogens is 270 g/mol. The van der Waals surface area contributed by atoms with E-state index in [0.717, 1.165) is 0 Å². The molecule has 0 aliphatic carbocycles. The molecule has 0 fully saturated rings. The molecule has 0 aromatic heterocycles. The Balaban J connectivity index is -0.000000143. The van der Waals surface area contributed by atoms with E-state index in [4.69, 9.17) is 0 Å². The molecule has 1 radical (unpaired) electrons. The molecule has 0 amide bonds. The van der Waals surface area contributed by atoms with Crippen molar-refractivity contribution < 1.29 is 45.0 Å². The predicted molar refractivity (Wildman–Crippen MR) is 41.3 cm³/mol. The van der Waals surface area contributed by atoms with Gasteiger partial charge in [-0.1, -0.05) is 0 Å². The third-order valence-corrected chi connectivity index (χ3v) is 1.57. The van der Waals surface area contributed by atoms with E-state index in [0.29, 0.717) is 0 Å². The molecule has 0 spiro atoms. The van der Waals surface area contributed by atoms with E-state index >= 15 is 0 Å². The van der Waals surface area contributed by atoms with Crippen LogP contribution < -0.4 is 9.79 Å². The van der Waals surface area contributed by atoms with Gasteiger partial charge >= 0.3 is 17.1 Å². The van der Waals surface area contributed by atoms with Crippen LogP contribution in [0.25, 0.3) is 0 Å². The van der Waals surface area contributed by atoms with Crippen molar-refractivity contribution in [1.29, 1.82) is 0 Å². The van der Waals surface area contributed by atoms with Crippen molar-refractivity contribution in [2.45, 2.75) is 13.8 Å². The Morgan fingerprint density at radius 2 is 1.23 bits per heavy atom. The molecule has 0 saturated carbocycles. The molecule has 0 aliphatic rings. The molecule has 0 heterocycles. The summed E-state index contributed by atoms with van der Waals surface area (Å²) >= 11 is 0.